The Morgan fingerprint density at radius 2 is 1.82 bits per heavy atom. The van der Waals surface area contributed by atoms with Gasteiger partial charge in [0.25, 0.3) is 0 Å². The van der Waals surface area contributed by atoms with Gasteiger partial charge in [-0.15, -0.1) is 0 Å². The molecule has 100 valence electrons. The van der Waals surface area contributed by atoms with E-state index in [2.05, 4.69) is 19.2 Å². The fourth-order valence-corrected chi connectivity index (χ4v) is 1.32. The van der Waals surface area contributed by atoms with Crippen molar-refractivity contribution in [1.82, 2.24) is 10.2 Å². The molecule has 0 aliphatic rings. The van der Waals surface area contributed by atoms with Gasteiger partial charge in [-0.1, -0.05) is 20.3 Å². The van der Waals surface area contributed by atoms with Crippen molar-refractivity contribution >= 4 is 12.0 Å². The van der Waals surface area contributed by atoms with Crippen molar-refractivity contribution in [3.63, 3.8) is 0 Å². The fourth-order valence-electron chi connectivity index (χ4n) is 1.32. The van der Waals surface area contributed by atoms with Gasteiger partial charge < -0.3 is 15.3 Å². The first-order valence-electron chi connectivity index (χ1n) is 6.04. The molecule has 3 atom stereocenters. The Kier molecular flexibility index (Phi) is 6.61. The first-order chi connectivity index (χ1) is 7.79. The molecule has 0 radical (unpaired) electrons. The predicted octanol–water partition coefficient (Wildman–Crippen LogP) is 1.78. The van der Waals surface area contributed by atoms with Crippen LogP contribution in [0.2, 0.25) is 0 Å². The van der Waals surface area contributed by atoms with Gasteiger partial charge in [0.2, 0.25) is 0 Å². The van der Waals surface area contributed by atoms with Crippen molar-refractivity contribution in [2.45, 2.75) is 40.2 Å². The second-order valence-corrected chi connectivity index (χ2v) is 4.76. The van der Waals surface area contributed by atoms with E-state index in [-0.39, 0.29) is 12.1 Å². The maximum absolute atomic E-state index is 11.8. The van der Waals surface area contributed by atoms with Crippen molar-refractivity contribution < 1.29 is 14.7 Å². The summed E-state index contributed by atoms with van der Waals surface area (Å²) in [5, 5.41) is 11.5. The van der Waals surface area contributed by atoms with Crippen molar-refractivity contribution in [2.75, 3.05) is 13.6 Å². The van der Waals surface area contributed by atoms with Crippen LogP contribution in [0.3, 0.4) is 0 Å². The van der Waals surface area contributed by atoms with Crippen molar-refractivity contribution in [1.29, 1.82) is 0 Å². The first kappa shape index (κ1) is 15.7. The number of amides is 2. The van der Waals surface area contributed by atoms with Gasteiger partial charge in [-0.25, -0.2) is 4.79 Å². The molecule has 0 rings (SSSR count). The van der Waals surface area contributed by atoms with Crippen LogP contribution in [-0.4, -0.2) is 41.6 Å². The zero-order valence-corrected chi connectivity index (χ0v) is 11.4. The average Bonchev–Trinajstić information content (AvgIpc) is 2.27. The smallest absolute Gasteiger partial charge is 0.317 e. The Balaban J connectivity index is 4.20. The van der Waals surface area contributed by atoms with Crippen LogP contribution in [0.25, 0.3) is 0 Å². The number of nitrogens with one attached hydrogen (secondary N) is 1. The van der Waals surface area contributed by atoms with E-state index in [0.29, 0.717) is 12.5 Å². The second-order valence-electron chi connectivity index (χ2n) is 4.76. The van der Waals surface area contributed by atoms with E-state index in [4.69, 9.17) is 5.11 Å². The van der Waals surface area contributed by atoms with E-state index in [1.54, 1.807) is 25.8 Å². The highest BCUT2D eigenvalue weighted by Crippen LogP contribution is 2.05. The Labute approximate surface area is 103 Å². The molecule has 0 bridgehead atoms. The van der Waals surface area contributed by atoms with Gasteiger partial charge >= 0.3 is 12.0 Å². The minimum Gasteiger partial charge on any atom is -0.481 e. The summed E-state index contributed by atoms with van der Waals surface area (Å²) in [6.07, 6.45) is 1.01. The summed E-state index contributed by atoms with van der Waals surface area (Å²) < 4.78 is 0. The van der Waals surface area contributed by atoms with Gasteiger partial charge in [0.05, 0.1) is 5.92 Å². The van der Waals surface area contributed by atoms with Crippen LogP contribution in [-0.2, 0) is 4.79 Å². The van der Waals surface area contributed by atoms with Crippen LogP contribution in [0.4, 0.5) is 4.79 Å². The summed E-state index contributed by atoms with van der Waals surface area (Å²) in [6.45, 7) is 8.12. The van der Waals surface area contributed by atoms with Crippen molar-refractivity contribution in [3.8, 4) is 0 Å². The topological polar surface area (TPSA) is 69.6 Å². The minimum absolute atomic E-state index is 0.217. The summed E-state index contributed by atoms with van der Waals surface area (Å²) in [4.78, 5) is 24.1. The molecule has 5 nitrogen and oxygen atoms in total. The molecular formula is C12H24N2O3. The Morgan fingerprint density at radius 3 is 2.24 bits per heavy atom. The van der Waals surface area contributed by atoms with Crippen LogP contribution in [0.5, 0.6) is 0 Å². The molecule has 0 saturated heterocycles. The zero-order valence-electron chi connectivity index (χ0n) is 11.4. The zero-order chi connectivity index (χ0) is 13.6. The molecule has 0 aromatic rings. The molecule has 0 aliphatic carbocycles. The standard InChI is InChI=1S/C12H24N2O3/c1-6-8(2)7-14(5)12(17)13-10(4)9(3)11(15)16/h8-10H,6-7H2,1-5H3,(H,13,17)(H,15,16). The Morgan fingerprint density at radius 1 is 1.29 bits per heavy atom. The van der Waals surface area contributed by atoms with E-state index >= 15 is 0 Å². The maximum Gasteiger partial charge on any atom is 0.317 e. The molecule has 3 unspecified atom stereocenters. The lowest BCUT2D eigenvalue weighted by Crippen LogP contribution is -2.46. The van der Waals surface area contributed by atoms with E-state index in [1.165, 1.54) is 0 Å². The molecule has 0 fully saturated rings. The SMILES string of the molecule is CCC(C)CN(C)C(=O)NC(C)C(C)C(=O)O. The lowest BCUT2D eigenvalue weighted by Gasteiger charge is -2.25. The van der Waals surface area contributed by atoms with Gasteiger partial charge in [-0.2, -0.15) is 0 Å². The highest BCUT2D eigenvalue weighted by Gasteiger charge is 2.22. The number of carboxylic acid groups (broad SMARTS) is 1. The molecule has 0 spiro atoms. The molecule has 17 heavy (non-hydrogen) atoms. The van der Waals surface area contributed by atoms with Gasteiger partial charge in [-0.3, -0.25) is 4.79 Å². The number of aliphatic carboxylic acids is 1. The number of nitrogens with zero attached hydrogens (tertiary/aromatic N) is 1. The van der Waals surface area contributed by atoms with E-state index in [9.17, 15) is 9.59 Å². The molecule has 0 heterocycles. The predicted molar refractivity (Wildman–Crippen MR) is 66.9 cm³/mol. The first-order valence-corrected chi connectivity index (χ1v) is 6.04. The molecule has 0 aromatic carbocycles. The number of carboxylic acids is 1. The minimum atomic E-state index is -0.901. The number of rotatable bonds is 6. The van der Waals surface area contributed by atoms with Gasteiger partial charge in [-0.05, 0) is 19.8 Å². The van der Waals surface area contributed by atoms with E-state index in [1.807, 2.05) is 0 Å². The second kappa shape index (κ2) is 7.14. The lowest BCUT2D eigenvalue weighted by atomic mass is 10.0. The van der Waals surface area contributed by atoms with Gasteiger partial charge in [0.1, 0.15) is 0 Å². The van der Waals surface area contributed by atoms with Gasteiger partial charge in [0, 0.05) is 19.6 Å². The average molecular weight is 244 g/mol. The summed E-state index contributed by atoms with van der Waals surface area (Å²) in [6, 6.07) is -0.592. The van der Waals surface area contributed by atoms with E-state index in [0.717, 1.165) is 6.42 Å². The molecule has 0 aliphatic heterocycles. The van der Waals surface area contributed by atoms with Crippen molar-refractivity contribution in [3.05, 3.63) is 0 Å². The fraction of sp³-hybridized carbons (Fsp3) is 0.833. The molecular weight excluding hydrogens is 220 g/mol. The van der Waals surface area contributed by atoms with Crippen LogP contribution in [0.15, 0.2) is 0 Å². The molecule has 2 amide bonds. The van der Waals surface area contributed by atoms with E-state index < -0.39 is 11.9 Å². The molecule has 0 aromatic heterocycles. The summed E-state index contributed by atoms with van der Waals surface area (Å²) in [7, 11) is 1.72. The van der Waals surface area contributed by atoms with Crippen LogP contribution in [0.1, 0.15) is 34.1 Å². The summed E-state index contributed by atoms with van der Waals surface area (Å²) >= 11 is 0. The number of urea groups is 1. The third kappa shape index (κ3) is 5.56. The highest BCUT2D eigenvalue weighted by molar-refractivity contribution is 5.76. The van der Waals surface area contributed by atoms with Crippen LogP contribution < -0.4 is 5.32 Å². The van der Waals surface area contributed by atoms with Gasteiger partial charge in [0.15, 0.2) is 0 Å². The number of carbonyl (C=O) groups is 2. The summed E-state index contributed by atoms with van der Waals surface area (Å²) in [5.74, 6) is -1.05. The normalized spacial score (nSPS) is 15.8. The van der Waals surface area contributed by atoms with Crippen LogP contribution in [0, 0.1) is 11.8 Å². The highest BCUT2D eigenvalue weighted by atomic mass is 16.4. The third-order valence-electron chi connectivity index (χ3n) is 3.12. The monoisotopic (exact) mass is 244 g/mol. The quantitative estimate of drug-likeness (QED) is 0.748. The van der Waals surface area contributed by atoms with Crippen molar-refractivity contribution in [2.24, 2.45) is 11.8 Å². The Hall–Kier alpha value is -1.26. The number of hydrogen-bond acceptors (Lipinski definition) is 2. The molecule has 0 saturated carbocycles. The third-order valence-corrected chi connectivity index (χ3v) is 3.12. The maximum atomic E-state index is 11.8. The number of carbonyl (C=O) groups excluding carboxylic acids is 1. The number of hydrogen-bond donors (Lipinski definition) is 2. The molecule has 2 N–H and O–H groups in total. The lowest BCUT2D eigenvalue weighted by molar-refractivity contribution is -0.141. The Bertz CT molecular complexity index is 268. The summed E-state index contributed by atoms with van der Waals surface area (Å²) in [5.41, 5.74) is 0. The largest absolute Gasteiger partial charge is 0.481 e. The molecule has 5 heteroatoms. The van der Waals surface area contributed by atoms with Crippen LogP contribution >= 0.6 is 0 Å².